The van der Waals surface area contributed by atoms with Gasteiger partial charge >= 0.3 is 35.9 Å². The Morgan fingerprint density at radius 1 is 1.00 bits per heavy atom. The summed E-state index contributed by atoms with van der Waals surface area (Å²) in [6.07, 6.45) is -1.67. The number of alkyl halides is 3. The van der Waals surface area contributed by atoms with Gasteiger partial charge in [0.2, 0.25) is 0 Å². The maximum absolute atomic E-state index is 10.5. The van der Waals surface area contributed by atoms with Gasteiger partial charge in [0.1, 0.15) is 5.97 Å². The molecule has 0 saturated carbocycles. The predicted octanol–water partition coefficient (Wildman–Crippen LogP) is 3.78. The van der Waals surface area contributed by atoms with Crippen molar-refractivity contribution in [2.45, 2.75) is 84.0 Å². The Morgan fingerprint density at radius 2 is 1.36 bits per heavy atom. The number of aliphatic carboxylic acids is 2. The molecule has 1 atom stereocenters. The Morgan fingerprint density at radius 3 is 1.54 bits per heavy atom. The Hall–Kier alpha value is 0.0460. The average molecular weight is 492 g/mol. The number of halogens is 4. The van der Waals surface area contributed by atoms with Crippen LogP contribution in [0.1, 0.15) is 67.2 Å². The van der Waals surface area contributed by atoms with Crippen molar-refractivity contribution in [2.24, 2.45) is 17.8 Å². The van der Waals surface area contributed by atoms with Crippen LogP contribution in [-0.4, -0.2) is 31.3 Å². The zero-order valence-electron chi connectivity index (χ0n) is 17.5. The molecule has 0 fully saturated rings. The molecule has 4 nitrogen and oxygen atoms in total. The first-order valence-corrected chi connectivity index (χ1v) is 12.7. The molecule has 0 radical (unpaired) electrons. The molecule has 0 aliphatic heterocycles. The Bertz CT molecular complexity index is 388. The topological polar surface area (TPSA) is 80.3 Å². The number of carboxylic acids is 2. The van der Waals surface area contributed by atoms with Crippen LogP contribution < -0.4 is 10.2 Å². The van der Waals surface area contributed by atoms with E-state index in [1.807, 2.05) is 6.92 Å². The predicted molar refractivity (Wildman–Crippen MR) is 100 cm³/mol. The molecule has 0 N–H and O–H groups in total. The van der Waals surface area contributed by atoms with E-state index in [1.54, 1.807) is 0 Å². The summed E-state index contributed by atoms with van der Waals surface area (Å²) in [5.41, 5.74) is 0. The van der Waals surface area contributed by atoms with Crippen LogP contribution in [0.5, 0.6) is 0 Å². The summed E-state index contributed by atoms with van der Waals surface area (Å²) in [5.74, 6) is -2.52. The van der Waals surface area contributed by atoms with Crippen LogP contribution in [0.4, 0.5) is 13.2 Å². The van der Waals surface area contributed by atoms with E-state index >= 15 is 0 Å². The normalized spacial score (nSPS) is 11.4. The molecule has 1 unspecified atom stereocenters. The van der Waals surface area contributed by atoms with Gasteiger partial charge in [0, 0.05) is 5.97 Å². The standard InChI is InChI=1S/C8H16O2.2C4H9.C2HF3O2.Al.ClH.Ni/c1-3-5-6-7(4-2)8(9)10;2*1-4(2)3;3-2(4,5)1(6)7;;;/h7H,3-6H2,1-2H3,(H,9,10);2*4H,1H2,2-3H3;(H,6,7);;1H;/q;;;;+1;;+2/p-3. The molecule has 0 rings (SSSR count). The maximum atomic E-state index is 10.5. The van der Waals surface area contributed by atoms with Gasteiger partial charge in [0.15, 0.2) is 0 Å². The summed E-state index contributed by atoms with van der Waals surface area (Å²) < 4.78 is 31.5. The molecule has 170 valence electrons. The fourth-order valence-corrected chi connectivity index (χ4v) is 6.43. The number of rotatable bonds is 9. The third kappa shape index (κ3) is 28.3. The van der Waals surface area contributed by atoms with Gasteiger partial charge in [-0.15, -0.1) is 0 Å². The van der Waals surface area contributed by atoms with E-state index in [0.29, 0.717) is 6.42 Å². The van der Waals surface area contributed by atoms with Crippen LogP contribution in [0.3, 0.4) is 0 Å². The zero-order chi connectivity index (χ0) is 22.2. The second-order valence-electron chi connectivity index (χ2n) is 7.21. The summed E-state index contributed by atoms with van der Waals surface area (Å²) >= 11 is -0.846. The zero-order valence-corrected chi connectivity index (χ0v) is 20.4. The van der Waals surface area contributed by atoms with Crippen LogP contribution in [0.25, 0.3) is 0 Å². The van der Waals surface area contributed by atoms with Crippen molar-refractivity contribution in [1.29, 1.82) is 0 Å². The van der Waals surface area contributed by atoms with Gasteiger partial charge < -0.3 is 19.8 Å². The van der Waals surface area contributed by atoms with Crippen LogP contribution in [0, 0.1) is 17.8 Å². The van der Waals surface area contributed by atoms with Gasteiger partial charge in [-0.1, -0.05) is 76.8 Å². The Kier molecular flexibility index (Phi) is 25.8. The van der Waals surface area contributed by atoms with Crippen LogP contribution >= 0.6 is 10.0 Å². The first-order chi connectivity index (χ1) is 12.2. The van der Waals surface area contributed by atoms with Crippen molar-refractivity contribution >= 4 is 35.2 Å². The van der Waals surface area contributed by atoms with Crippen molar-refractivity contribution in [3.8, 4) is 0 Å². The quantitative estimate of drug-likeness (QED) is 0.460. The molecule has 0 aliphatic carbocycles. The molecule has 0 aliphatic rings. The van der Waals surface area contributed by atoms with Gasteiger partial charge in [-0.2, -0.15) is 13.2 Å². The van der Waals surface area contributed by atoms with E-state index in [-0.39, 0.29) is 22.4 Å². The molecule has 10 heteroatoms. The van der Waals surface area contributed by atoms with Crippen molar-refractivity contribution in [3.05, 3.63) is 0 Å². The fourth-order valence-electron chi connectivity index (χ4n) is 2.06. The molecule has 0 saturated heterocycles. The number of hydrogen-bond donors (Lipinski definition) is 0. The average Bonchev–Trinajstić information content (AvgIpc) is 2.46. The molecule has 0 bridgehead atoms. The minimum absolute atomic E-state index is 0. The van der Waals surface area contributed by atoms with Crippen LogP contribution in [-0.2, 0) is 26.1 Å². The third-order valence-electron chi connectivity index (χ3n) is 3.42. The molecule has 0 aromatic carbocycles. The third-order valence-corrected chi connectivity index (χ3v) is 7.40. The minimum atomic E-state index is -5.19. The molecule has 0 aromatic heterocycles. The second kappa shape index (κ2) is 20.3. The largest absolute Gasteiger partial charge is 2.00 e. The van der Waals surface area contributed by atoms with Gasteiger partial charge in [-0.05, 0) is 18.8 Å². The van der Waals surface area contributed by atoms with E-state index in [1.165, 1.54) is 10.6 Å². The van der Waals surface area contributed by atoms with Crippen LogP contribution in [0.2, 0.25) is 10.6 Å². The van der Waals surface area contributed by atoms with Gasteiger partial charge in [-0.25, -0.2) is 0 Å². The fraction of sp³-hybridized carbons (Fsp3) is 0.889. The van der Waals surface area contributed by atoms with Crippen molar-refractivity contribution in [1.82, 2.24) is 0 Å². The Labute approximate surface area is 186 Å². The van der Waals surface area contributed by atoms with Crippen molar-refractivity contribution in [2.75, 3.05) is 0 Å². The number of carbonyl (C=O) groups excluding carboxylic acids is 2. The number of hydrogen-bond acceptors (Lipinski definition) is 4. The van der Waals surface area contributed by atoms with E-state index in [2.05, 4.69) is 34.6 Å². The van der Waals surface area contributed by atoms with E-state index < -0.39 is 31.3 Å². The smallest absolute Gasteiger partial charge is 0.550 e. The van der Waals surface area contributed by atoms with Crippen molar-refractivity contribution in [3.63, 3.8) is 0 Å². The monoisotopic (exact) mass is 490 g/mol. The van der Waals surface area contributed by atoms with Gasteiger partial charge in [0.05, 0.1) is 0 Å². The first-order valence-electron chi connectivity index (χ1n) is 9.31. The van der Waals surface area contributed by atoms with Crippen molar-refractivity contribution < 1.29 is 49.5 Å². The molecule has 0 amide bonds. The summed E-state index contributed by atoms with van der Waals surface area (Å²) in [5, 5.41) is 21.7. The summed E-state index contributed by atoms with van der Waals surface area (Å²) in [7, 11) is 6.21. The summed E-state index contributed by atoms with van der Waals surface area (Å²) in [6, 6.07) is 0. The number of carbonyl (C=O) groups is 2. The molecule has 0 spiro atoms. The summed E-state index contributed by atoms with van der Waals surface area (Å²) in [4.78, 5) is 19.1. The molecule has 0 aromatic rings. The van der Waals surface area contributed by atoms with Gasteiger partial charge in [0.25, 0.3) is 0 Å². The Balaban J connectivity index is -0.000000154. The molecule has 0 heterocycles. The SMILES string of the molecule is CC(C)[CH2][Al]([Cl])[CH2]C(C)C.CCCCC(CC)C(=O)[O-].O=C([O-])C(F)(F)F.[Ni+2]. The number of unbranched alkanes of at least 4 members (excludes halogenated alkanes) is 1. The van der Waals surface area contributed by atoms with E-state index in [0.717, 1.165) is 31.1 Å². The molecular formula is C18H33AlClF3NiO4. The first kappa shape index (κ1) is 35.5. The second-order valence-corrected chi connectivity index (χ2v) is 11.2. The van der Waals surface area contributed by atoms with Crippen LogP contribution in [0.15, 0.2) is 0 Å². The number of carboxylic acid groups (broad SMARTS) is 2. The van der Waals surface area contributed by atoms with E-state index in [9.17, 15) is 23.1 Å². The molecular weight excluding hydrogens is 458 g/mol. The minimum Gasteiger partial charge on any atom is -0.550 e. The molecule has 28 heavy (non-hydrogen) atoms. The summed E-state index contributed by atoms with van der Waals surface area (Å²) in [6.45, 7) is 13.0. The van der Waals surface area contributed by atoms with Gasteiger partial charge in [-0.3, -0.25) is 10.0 Å². The maximum Gasteiger partial charge on any atom is 2.00 e. The van der Waals surface area contributed by atoms with E-state index in [4.69, 9.17) is 20.0 Å².